The Labute approximate surface area is 148 Å². The molecule has 0 spiro atoms. The van der Waals surface area contributed by atoms with Gasteiger partial charge in [0.25, 0.3) is 0 Å². The van der Waals surface area contributed by atoms with Crippen molar-refractivity contribution in [3.05, 3.63) is 35.9 Å². The van der Waals surface area contributed by atoms with Crippen molar-refractivity contribution in [2.24, 2.45) is 11.7 Å². The lowest BCUT2D eigenvalue weighted by atomic mass is 9.94. The Balaban J connectivity index is 0.00000151. The minimum absolute atomic E-state index is 0.159. The van der Waals surface area contributed by atoms with Crippen LogP contribution in [-0.2, 0) is 20.9 Å². The van der Waals surface area contributed by atoms with Gasteiger partial charge in [-0.25, -0.2) is 4.79 Å². The van der Waals surface area contributed by atoms with E-state index in [9.17, 15) is 9.59 Å². The molecular formula is C18H26N4O3. The maximum atomic E-state index is 12.7. The summed E-state index contributed by atoms with van der Waals surface area (Å²) in [6.07, 6.45) is 2.14. The van der Waals surface area contributed by atoms with E-state index in [4.69, 9.17) is 21.3 Å². The Kier molecular flexibility index (Phi) is 8.02. The smallest absolute Gasteiger partial charge is 0.336 e. The van der Waals surface area contributed by atoms with Crippen molar-refractivity contribution in [1.29, 1.82) is 10.8 Å². The van der Waals surface area contributed by atoms with Crippen LogP contribution in [0.5, 0.6) is 0 Å². The van der Waals surface area contributed by atoms with Crippen molar-refractivity contribution >= 4 is 11.9 Å². The van der Waals surface area contributed by atoms with E-state index in [1.54, 1.807) is 0 Å². The lowest BCUT2D eigenvalue weighted by Gasteiger charge is -2.33. The number of nitrogens with zero attached hydrogens (tertiary/aromatic N) is 3. The highest BCUT2D eigenvalue weighted by Crippen LogP contribution is 2.31. The van der Waals surface area contributed by atoms with E-state index < -0.39 is 17.4 Å². The summed E-state index contributed by atoms with van der Waals surface area (Å²) >= 11 is 0. The molecule has 1 amide bonds. The van der Waals surface area contributed by atoms with Crippen LogP contribution in [0.2, 0.25) is 0 Å². The molecule has 0 unspecified atom stereocenters. The Morgan fingerprint density at radius 2 is 1.92 bits per heavy atom. The number of amides is 1. The van der Waals surface area contributed by atoms with Gasteiger partial charge in [0.15, 0.2) is 5.54 Å². The van der Waals surface area contributed by atoms with Crippen LogP contribution in [0.15, 0.2) is 30.3 Å². The Bertz CT molecular complexity index is 588. The third kappa shape index (κ3) is 5.00. The van der Waals surface area contributed by atoms with E-state index in [1.165, 1.54) is 0 Å². The summed E-state index contributed by atoms with van der Waals surface area (Å²) in [4.78, 5) is 26.7. The van der Waals surface area contributed by atoms with E-state index in [1.807, 2.05) is 35.2 Å². The van der Waals surface area contributed by atoms with Crippen LogP contribution in [0.1, 0.15) is 38.7 Å². The van der Waals surface area contributed by atoms with Crippen LogP contribution < -0.4 is 5.73 Å². The van der Waals surface area contributed by atoms with Crippen LogP contribution >= 0.6 is 0 Å². The molecule has 7 nitrogen and oxygen atoms in total. The van der Waals surface area contributed by atoms with Gasteiger partial charge in [0.2, 0.25) is 5.91 Å². The molecule has 0 saturated carbocycles. The fraction of sp³-hybridized carbons (Fsp3) is 0.556. The molecule has 2 N–H and O–H groups in total. The van der Waals surface area contributed by atoms with E-state index in [0.717, 1.165) is 18.4 Å². The number of hydrogen-bond acceptors (Lipinski definition) is 6. The van der Waals surface area contributed by atoms with Gasteiger partial charge < -0.3 is 10.5 Å². The molecule has 0 aliphatic carbocycles. The highest BCUT2D eigenvalue weighted by Gasteiger charge is 2.53. The van der Waals surface area contributed by atoms with Gasteiger partial charge in [-0.05, 0) is 43.8 Å². The first kappa shape index (κ1) is 20.6. The van der Waals surface area contributed by atoms with Gasteiger partial charge in [-0.15, -0.1) is 0 Å². The van der Waals surface area contributed by atoms with Gasteiger partial charge >= 0.3 is 5.97 Å². The molecule has 25 heavy (non-hydrogen) atoms. The summed E-state index contributed by atoms with van der Waals surface area (Å²) in [7, 11) is 0. The monoisotopic (exact) mass is 346 g/mol. The maximum absolute atomic E-state index is 12.7. The van der Waals surface area contributed by atoms with E-state index in [0.29, 0.717) is 25.4 Å². The van der Waals surface area contributed by atoms with E-state index in [-0.39, 0.29) is 6.61 Å². The quantitative estimate of drug-likeness (QED) is 0.459. The predicted octanol–water partition coefficient (Wildman–Crippen LogP) is 2.13. The highest BCUT2D eigenvalue weighted by atomic mass is 16.5. The molecule has 2 rings (SSSR count). The number of benzene rings is 1. The fourth-order valence-corrected chi connectivity index (χ4v) is 3.04. The second-order valence-electron chi connectivity index (χ2n) is 6.56. The topological polar surface area (TPSA) is 120 Å². The van der Waals surface area contributed by atoms with Gasteiger partial charge in [-0.2, -0.15) is 0 Å². The Morgan fingerprint density at radius 1 is 1.28 bits per heavy atom. The number of rotatable bonds is 7. The van der Waals surface area contributed by atoms with E-state index >= 15 is 0 Å². The Morgan fingerprint density at radius 3 is 2.48 bits per heavy atom. The van der Waals surface area contributed by atoms with Crippen molar-refractivity contribution in [2.45, 2.75) is 45.3 Å². The lowest BCUT2D eigenvalue weighted by molar-refractivity contribution is -0.162. The first-order chi connectivity index (χ1) is 12.0. The minimum Gasteiger partial charge on any atom is -0.459 e. The molecule has 0 radical (unpaired) electrons. The fourth-order valence-electron chi connectivity index (χ4n) is 3.04. The summed E-state index contributed by atoms with van der Waals surface area (Å²) in [5, 5.41) is 12.0. The van der Waals surface area contributed by atoms with Crippen molar-refractivity contribution in [1.82, 2.24) is 4.90 Å². The SMILES string of the molecule is CC(C)CCN1CCC[C@]1(C(N)=O)C(=O)OCc1ccccc1.N#N. The van der Waals surface area contributed by atoms with Crippen molar-refractivity contribution in [2.75, 3.05) is 13.1 Å². The second kappa shape index (κ2) is 9.74. The molecule has 1 heterocycles. The van der Waals surface area contributed by atoms with Crippen LogP contribution in [0, 0.1) is 16.7 Å². The molecule has 1 fully saturated rings. The summed E-state index contributed by atoms with van der Waals surface area (Å²) in [5.41, 5.74) is 5.21. The first-order valence-electron chi connectivity index (χ1n) is 8.43. The number of carbonyl (C=O) groups excluding carboxylic acids is 2. The average molecular weight is 346 g/mol. The third-order valence-corrected chi connectivity index (χ3v) is 4.44. The zero-order valence-corrected chi connectivity index (χ0v) is 14.9. The minimum atomic E-state index is -1.30. The lowest BCUT2D eigenvalue weighted by Crippen LogP contribution is -2.60. The molecule has 0 aromatic heterocycles. The standard InChI is InChI=1S/C18H26N2O3.N2/c1-14(2)9-12-20-11-6-10-18(20,16(19)21)17(22)23-13-15-7-4-3-5-8-15;1-2/h3-5,7-8,14H,6,9-13H2,1-2H3,(H2,19,21);/t18-;/m0./s1. The van der Waals surface area contributed by atoms with Gasteiger partial charge in [-0.1, -0.05) is 44.2 Å². The summed E-state index contributed by atoms with van der Waals surface area (Å²) in [6, 6.07) is 9.45. The third-order valence-electron chi connectivity index (χ3n) is 4.44. The molecular weight excluding hydrogens is 320 g/mol. The van der Waals surface area contributed by atoms with Crippen molar-refractivity contribution in [3.63, 3.8) is 0 Å². The number of esters is 1. The molecule has 7 heteroatoms. The van der Waals surface area contributed by atoms with Crippen LogP contribution in [0.25, 0.3) is 0 Å². The maximum Gasteiger partial charge on any atom is 0.336 e. The summed E-state index contributed by atoms with van der Waals surface area (Å²) in [6.45, 7) is 5.79. The number of ether oxygens (including phenoxy) is 1. The Hall–Kier alpha value is -2.46. The molecule has 1 aromatic carbocycles. The second-order valence-corrected chi connectivity index (χ2v) is 6.56. The summed E-state index contributed by atoms with van der Waals surface area (Å²) in [5.74, 6) is -0.617. The van der Waals surface area contributed by atoms with Crippen LogP contribution in [-0.4, -0.2) is 35.4 Å². The first-order valence-corrected chi connectivity index (χ1v) is 8.43. The number of primary amides is 1. The number of hydrogen-bond donors (Lipinski definition) is 1. The van der Waals surface area contributed by atoms with Crippen molar-refractivity contribution < 1.29 is 14.3 Å². The molecule has 136 valence electrons. The molecule has 1 aliphatic rings. The summed E-state index contributed by atoms with van der Waals surface area (Å²) < 4.78 is 5.43. The zero-order valence-electron chi connectivity index (χ0n) is 14.9. The number of nitrogens with two attached hydrogens (primary N) is 1. The van der Waals surface area contributed by atoms with Crippen LogP contribution in [0.3, 0.4) is 0 Å². The number of carbonyl (C=O) groups is 2. The average Bonchev–Trinajstić information content (AvgIpc) is 3.05. The highest BCUT2D eigenvalue weighted by molar-refractivity contribution is 6.07. The largest absolute Gasteiger partial charge is 0.459 e. The van der Waals surface area contributed by atoms with Gasteiger partial charge in [0.05, 0.1) is 0 Å². The molecule has 1 atom stereocenters. The molecule has 1 saturated heterocycles. The number of likely N-dealkylation sites (tertiary alicyclic amines) is 1. The zero-order chi connectivity index (χ0) is 18.9. The molecule has 1 aliphatic heterocycles. The van der Waals surface area contributed by atoms with Crippen molar-refractivity contribution in [3.8, 4) is 0 Å². The van der Waals surface area contributed by atoms with Gasteiger partial charge in [0, 0.05) is 10.8 Å². The van der Waals surface area contributed by atoms with Crippen LogP contribution in [0.4, 0.5) is 0 Å². The molecule has 1 aromatic rings. The molecule has 0 bridgehead atoms. The predicted molar refractivity (Wildman–Crippen MR) is 91.9 cm³/mol. The van der Waals surface area contributed by atoms with Gasteiger partial charge in [-0.3, -0.25) is 9.69 Å². The van der Waals surface area contributed by atoms with Gasteiger partial charge in [0.1, 0.15) is 6.61 Å². The van der Waals surface area contributed by atoms with E-state index in [2.05, 4.69) is 13.8 Å². The normalized spacial score (nSPS) is 19.9.